The molecule has 134 valence electrons. The van der Waals surface area contributed by atoms with Gasteiger partial charge in [0.1, 0.15) is 0 Å². The van der Waals surface area contributed by atoms with E-state index in [0.717, 1.165) is 32.5 Å². The van der Waals surface area contributed by atoms with Gasteiger partial charge in [0.05, 0.1) is 0 Å². The van der Waals surface area contributed by atoms with Crippen LogP contribution in [0.5, 0.6) is 0 Å². The van der Waals surface area contributed by atoms with Gasteiger partial charge in [-0.3, -0.25) is 4.90 Å². The molecule has 0 aliphatic carbocycles. The molecule has 5 heteroatoms. The molecule has 1 saturated heterocycles. The Morgan fingerprint density at radius 3 is 2.48 bits per heavy atom. The lowest BCUT2D eigenvalue weighted by atomic mass is 10.0. The fourth-order valence-electron chi connectivity index (χ4n) is 3.43. The number of nitrogens with one attached hydrogen (secondary N) is 2. The molecule has 2 N–H and O–H groups in total. The first-order valence-corrected chi connectivity index (χ1v) is 9.16. The lowest BCUT2D eigenvalue weighted by Gasteiger charge is -2.36. The van der Waals surface area contributed by atoms with Gasteiger partial charge in [-0.25, -0.2) is 4.79 Å². The second-order valence-corrected chi connectivity index (χ2v) is 6.72. The predicted molar refractivity (Wildman–Crippen MR) is 100 cm³/mol. The Hall–Kier alpha value is -2.27. The van der Waals surface area contributed by atoms with Crippen molar-refractivity contribution in [3.63, 3.8) is 0 Å². The number of piperidine rings is 1. The molecule has 3 rings (SSSR count). The molecule has 5 nitrogen and oxygen atoms in total. The van der Waals surface area contributed by atoms with Crippen molar-refractivity contribution in [1.82, 2.24) is 20.1 Å². The monoisotopic (exact) mass is 340 g/mol. The Morgan fingerprint density at radius 1 is 1.12 bits per heavy atom. The van der Waals surface area contributed by atoms with Crippen molar-refractivity contribution >= 4 is 6.03 Å². The van der Waals surface area contributed by atoms with E-state index in [-0.39, 0.29) is 12.1 Å². The van der Waals surface area contributed by atoms with Crippen LogP contribution < -0.4 is 10.6 Å². The maximum absolute atomic E-state index is 12.0. The van der Waals surface area contributed by atoms with Gasteiger partial charge in [0, 0.05) is 50.7 Å². The summed E-state index contributed by atoms with van der Waals surface area (Å²) in [6, 6.07) is 15.2. The van der Waals surface area contributed by atoms with E-state index in [4.69, 9.17) is 0 Å². The Morgan fingerprint density at radius 2 is 1.80 bits per heavy atom. The number of rotatable bonds is 6. The normalized spacial score (nSPS) is 17.2. The van der Waals surface area contributed by atoms with Gasteiger partial charge in [0.2, 0.25) is 0 Å². The Bertz CT molecular complexity index is 633. The molecule has 1 aromatic carbocycles. The van der Waals surface area contributed by atoms with E-state index < -0.39 is 0 Å². The van der Waals surface area contributed by atoms with Gasteiger partial charge in [0.25, 0.3) is 0 Å². The first-order chi connectivity index (χ1) is 12.2. The zero-order valence-corrected chi connectivity index (χ0v) is 14.9. The van der Waals surface area contributed by atoms with Crippen molar-refractivity contribution in [2.45, 2.75) is 38.4 Å². The van der Waals surface area contributed by atoms with Crippen molar-refractivity contribution in [3.05, 3.63) is 60.4 Å². The molecule has 1 fully saturated rings. The lowest BCUT2D eigenvalue weighted by molar-refractivity contribution is 0.153. The summed E-state index contributed by atoms with van der Waals surface area (Å²) >= 11 is 0. The van der Waals surface area contributed by atoms with Crippen LogP contribution in [0.1, 0.15) is 31.4 Å². The van der Waals surface area contributed by atoms with Crippen LogP contribution in [-0.4, -0.2) is 41.2 Å². The summed E-state index contributed by atoms with van der Waals surface area (Å²) in [6.07, 6.45) is 6.01. The van der Waals surface area contributed by atoms with Gasteiger partial charge in [-0.1, -0.05) is 30.3 Å². The van der Waals surface area contributed by atoms with E-state index >= 15 is 0 Å². The standard InChI is InChI=1S/C20H28N4O/c1-17(18-7-3-2-4-8-18)24-14-9-19(10-15-24)22-20(25)21-11-16-23-12-5-6-13-23/h2-8,12-13,17,19H,9-11,14-16H2,1H3,(H2,21,22,25)/t17-/m0/s1. The van der Waals surface area contributed by atoms with Gasteiger partial charge >= 0.3 is 6.03 Å². The molecule has 2 aromatic rings. The number of hydrogen-bond donors (Lipinski definition) is 2. The largest absolute Gasteiger partial charge is 0.353 e. The molecule has 0 spiro atoms. The molecule has 1 aromatic heterocycles. The highest BCUT2D eigenvalue weighted by atomic mass is 16.2. The van der Waals surface area contributed by atoms with Gasteiger partial charge in [-0.2, -0.15) is 0 Å². The minimum atomic E-state index is -0.0540. The Kier molecular flexibility index (Phi) is 6.12. The maximum atomic E-state index is 12.0. The molecule has 1 atom stereocenters. The van der Waals surface area contributed by atoms with Gasteiger partial charge in [-0.05, 0) is 37.5 Å². The van der Waals surface area contributed by atoms with E-state index in [1.165, 1.54) is 5.56 Å². The van der Waals surface area contributed by atoms with Crippen LogP contribution in [0.25, 0.3) is 0 Å². The number of hydrogen-bond acceptors (Lipinski definition) is 2. The number of nitrogens with zero attached hydrogens (tertiary/aromatic N) is 2. The Balaban J connectivity index is 1.36. The van der Waals surface area contributed by atoms with E-state index in [2.05, 4.69) is 57.4 Å². The average molecular weight is 340 g/mol. The van der Waals surface area contributed by atoms with Crippen LogP contribution in [0, 0.1) is 0 Å². The third kappa shape index (κ3) is 5.10. The van der Waals surface area contributed by atoms with Gasteiger partial charge in [-0.15, -0.1) is 0 Å². The number of aromatic nitrogens is 1. The summed E-state index contributed by atoms with van der Waals surface area (Å²) < 4.78 is 2.06. The zero-order chi connectivity index (χ0) is 17.5. The topological polar surface area (TPSA) is 49.3 Å². The van der Waals surface area contributed by atoms with Crippen molar-refractivity contribution in [2.75, 3.05) is 19.6 Å². The quantitative estimate of drug-likeness (QED) is 0.849. The van der Waals surface area contributed by atoms with Crippen LogP contribution in [0.3, 0.4) is 0 Å². The molecule has 0 bridgehead atoms. The minimum absolute atomic E-state index is 0.0540. The van der Waals surface area contributed by atoms with Crippen LogP contribution >= 0.6 is 0 Å². The van der Waals surface area contributed by atoms with Crippen molar-refractivity contribution in [1.29, 1.82) is 0 Å². The second kappa shape index (κ2) is 8.72. The maximum Gasteiger partial charge on any atom is 0.315 e. The van der Waals surface area contributed by atoms with Crippen molar-refractivity contribution < 1.29 is 4.79 Å². The number of likely N-dealkylation sites (tertiary alicyclic amines) is 1. The number of carbonyl (C=O) groups excluding carboxylic acids is 1. The highest BCUT2D eigenvalue weighted by molar-refractivity contribution is 5.74. The van der Waals surface area contributed by atoms with Crippen LogP contribution in [0.15, 0.2) is 54.9 Å². The molecule has 2 amide bonds. The summed E-state index contributed by atoms with van der Waals surface area (Å²) in [6.45, 7) is 5.74. The van der Waals surface area contributed by atoms with Crippen LogP contribution in [0.4, 0.5) is 4.79 Å². The molecule has 1 aliphatic heterocycles. The van der Waals surface area contributed by atoms with E-state index in [9.17, 15) is 4.79 Å². The fourth-order valence-corrected chi connectivity index (χ4v) is 3.43. The van der Waals surface area contributed by atoms with E-state index in [1.807, 2.05) is 24.5 Å². The average Bonchev–Trinajstić information content (AvgIpc) is 3.16. The first-order valence-electron chi connectivity index (χ1n) is 9.16. The fraction of sp³-hybridized carbons (Fsp3) is 0.450. The van der Waals surface area contributed by atoms with Crippen LogP contribution in [0.2, 0.25) is 0 Å². The number of urea groups is 1. The molecule has 2 heterocycles. The number of carbonyl (C=O) groups is 1. The third-order valence-electron chi connectivity index (χ3n) is 5.02. The second-order valence-electron chi connectivity index (χ2n) is 6.72. The highest BCUT2D eigenvalue weighted by Gasteiger charge is 2.24. The summed E-state index contributed by atoms with van der Waals surface area (Å²) in [5, 5.41) is 6.06. The third-order valence-corrected chi connectivity index (χ3v) is 5.02. The smallest absolute Gasteiger partial charge is 0.315 e. The summed E-state index contributed by atoms with van der Waals surface area (Å²) in [7, 11) is 0. The van der Waals surface area contributed by atoms with E-state index in [0.29, 0.717) is 12.6 Å². The SMILES string of the molecule is C[C@@H](c1ccccc1)N1CCC(NC(=O)NCCn2cccc2)CC1. The predicted octanol–water partition coefficient (Wildman–Crippen LogP) is 3.01. The lowest BCUT2D eigenvalue weighted by Crippen LogP contribution is -2.48. The van der Waals surface area contributed by atoms with Gasteiger partial charge < -0.3 is 15.2 Å². The zero-order valence-electron chi connectivity index (χ0n) is 14.9. The Labute approximate surface area is 150 Å². The summed E-state index contributed by atoms with van der Waals surface area (Å²) in [4.78, 5) is 14.5. The first kappa shape index (κ1) is 17.5. The van der Waals surface area contributed by atoms with Crippen molar-refractivity contribution in [2.24, 2.45) is 0 Å². The number of amides is 2. The molecule has 0 saturated carbocycles. The van der Waals surface area contributed by atoms with Crippen molar-refractivity contribution in [3.8, 4) is 0 Å². The minimum Gasteiger partial charge on any atom is -0.353 e. The number of benzene rings is 1. The molecular formula is C20H28N4O. The molecule has 0 unspecified atom stereocenters. The molecule has 1 aliphatic rings. The molecule has 0 radical (unpaired) electrons. The van der Waals surface area contributed by atoms with E-state index in [1.54, 1.807) is 0 Å². The van der Waals surface area contributed by atoms with Gasteiger partial charge in [0.15, 0.2) is 0 Å². The van der Waals surface area contributed by atoms with Crippen LogP contribution in [-0.2, 0) is 6.54 Å². The summed E-state index contributed by atoms with van der Waals surface area (Å²) in [5.41, 5.74) is 1.36. The molecule has 25 heavy (non-hydrogen) atoms. The molecular weight excluding hydrogens is 312 g/mol. The summed E-state index contributed by atoms with van der Waals surface area (Å²) in [5.74, 6) is 0. The highest BCUT2D eigenvalue weighted by Crippen LogP contribution is 2.23.